The molecule has 0 saturated carbocycles. The van der Waals surface area contributed by atoms with Crippen LogP contribution in [0, 0.1) is 10.5 Å². The highest BCUT2D eigenvalue weighted by atomic mass is 127. The molecule has 0 aliphatic carbocycles. The summed E-state index contributed by atoms with van der Waals surface area (Å²) in [5.74, 6) is 0.385. The van der Waals surface area contributed by atoms with Crippen LogP contribution < -0.4 is 5.73 Å². The Morgan fingerprint density at radius 2 is 2.11 bits per heavy atom. The molecular weight excluding hydrogens is 375 g/mol. The van der Waals surface area contributed by atoms with Crippen molar-refractivity contribution in [2.45, 2.75) is 6.92 Å². The van der Waals surface area contributed by atoms with Gasteiger partial charge in [-0.2, -0.15) is 0 Å². The fourth-order valence-corrected chi connectivity index (χ4v) is 2.92. The van der Waals surface area contributed by atoms with Gasteiger partial charge in [0.25, 0.3) is 0 Å². The number of benzene rings is 1. The molecule has 2 heterocycles. The minimum atomic E-state index is 0.385. The maximum absolute atomic E-state index is 6.29. The van der Waals surface area contributed by atoms with Crippen LogP contribution in [0.5, 0.6) is 0 Å². The van der Waals surface area contributed by atoms with Crippen LogP contribution in [0.25, 0.3) is 16.9 Å². The zero-order valence-electron chi connectivity index (χ0n) is 10.1. The molecule has 0 atom stereocenters. The van der Waals surface area contributed by atoms with Crippen LogP contribution >= 0.6 is 34.2 Å². The van der Waals surface area contributed by atoms with Crippen LogP contribution in [0.15, 0.2) is 30.5 Å². The summed E-state index contributed by atoms with van der Waals surface area (Å²) in [5, 5.41) is 0.625. The van der Waals surface area contributed by atoms with Gasteiger partial charge >= 0.3 is 0 Å². The zero-order valence-corrected chi connectivity index (χ0v) is 13.0. The first kappa shape index (κ1) is 12.7. The monoisotopic (exact) mass is 384 g/mol. The molecule has 0 amide bonds. The van der Waals surface area contributed by atoms with Crippen molar-refractivity contribution < 1.29 is 0 Å². The van der Waals surface area contributed by atoms with Gasteiger partial charge in [-0.1, -0.05) is 11.6 Å². The van der Waals surface area contributed by atoms with E-state index in [1.807, 2.05) is 31.2 Å². The Hall–Kier alpha value is -1.34. The molecule has 4 nitrogen and oxygen atoms in total. The second kappa shape index (κ2) is 4.64. The Bertz CT molecular complexity index is 782. The number of nitrogens with two attached hydrogens (primary N) is 1. The van der Waals surface area contributed by atoms with Crippen molar-refractivity contribution >= 4 is 51.3 Å². The topological polar surface area (TPSA) is 56.7 Å². The first-order chi connectivity index (χ1) is 9.06. The normalized spacial score (nSPS) is 11.1. The summed E-state index contributed by atoms with van der Waals surface area (Å²) in [6, 6.07) is 7.73. The number of anilines is 1. The molecule has 0 fully saturated rings. The number of nitrogens with zero attached hydrogens (tertiary/aromatic N) is 3. The van der Waals surface area contributed by atoms with Crippen LogP contribution in [0.2, 0.25) is 5.02 Å². The standard InChI is InChI=1S/C13H10ClIN4/c1-7-4-10-12(17-6-7)19(13(16)18-10)11-3-2-8(15)5-9(11)14/h2-6H,1H3,(H2,16,18). The molecule has 3 aromatic rings. The van der Waals surface area contributed by atoms with Crippen molar-refractivity contribution in [2.75, 3.05) is 5.73 Å². The molecule has 0 bridgehead atoms. The number of halogens is 2. The summed E-state index contributed by atoms with van der Waals surface area (Å²) in [7, 11) is 0. The molecule has 1 aromatic carbocycles. The number of rotatable bonds is 1. The number of pyridine rings is 1. The maximum atomic E-state index is 6.29. The van der Waals surface area contributed by atoms with Crippen LogP contribution in [0.4, 0.5) is 5.95 Å². The summed E-state index contributed by atoms with van der Waals surface area (Å²) >= 11 is 8.50. The first-order valence-electron chi connectivity index (χ1n) is 5.62. The quantitative estimate of drug-likeness (QED) is 0.653. The number of aryl methyl sites for hydroxylation is 1. The third kappa shape index (κ3) is 2.17. The van der Waals surface area contributed by atoms with E-state index in [0.717, 1.165) is 20.3 Å². The molecule has 0 spiro atoms. The summed E-state index contributed by atoms with van der Waals surface area (Å²) in [6.07, 6.45) is 1.79. The molecule has 2 aromatic heterocycles. The lowest BCUT2D eigenvalue weighted by Gasteiger charge is -2.08. The van der Waals surface area contributed by atoms with Crippen molar-refractivity contribution in [3.8, 4) is 5.69 Å². The molecule has 0 aliphatic heterocycles. The lowest BCUT2D eigenvalue weighted by molar-refractivity contribution is 1.08. The van der Waals surface area contributed by atoms with Crippen molar-refractivity contribution in [3.63, 3.8) is 0 Å². The Labute approximate surface area is 128 Å². The molecular formula is C13H10ClIN4. The summed E-state index contributed by atoms with van der Waals surface area (Å²) in [5.41, 5.74) is 9.32. The molecule has 0 saturated heterocycles. The van der Waals surface area contributed by atoms with Crippen molar-refractivity contribution in [1.29, 1.82) is 0 Å². The highest BCUT2D eigenvalue weighted by Crippen LogP contribution is 2.28. The smallest absolute Gasteiger partial charge is 0.207 e. The minimum absolute atomic E-state index is 0.385. The van der Waals surface area contributed by atoms with Crippen molar-refractivity contribution in [3.05, 3.63) is 44.6 Å². The van der Waals surface area contributed by atoms with E-state index in [2.05, 4.69) is 32.6 Å². The van der Waals surface area contributed by atoms with E-state index >= 15 is 0 Å². The lowest BCUT2D eigenvalue weighted by Crippen LogP contribution is -2.02. The molecule has 0 unspecified atom stereocenters. The minimum Gasteiger partial charge on any atom is -0.369 e. The number of hydrogen-bond acceptors (Lipinski definition) is 3. The second-order valence-electron chi connectivity index (χ2n) is 4.26. The highest BCUT2D eigenvalue weighted by Gasteiger charge is 2.13. The van der Waals surface area contributed by atoms with Crippen LogP contribution in [0.1, 0.15) is 5.56 Å². The third-order valence-corrected chi connectivity index (χ3v) is 3.78. The average molecular weight is 385 g/mol. The predicted octanol–water partition coefficient (Wildman–Crippen LogP) is 3.57. The summed E-state index contributed by atoms with van der Waals surface area (Å²) in [4.78, 5) is 8.73. The van der Waals surface area contributed by atoms with Gasteiger partial charge in [0.2, 0.25) is 5.95 Å². The van der Waals surface area contributed by atoms with Crippen molar-refractivity contribution in [2.24, 2.45) is 0 Å². The van der Waals surface area contributed by atoms with Gasteiger partial charge in [0.1, 0.15) is 5.52 Å². The maximum Gasteiger partial charge on any atom is 0.207 e. The largest absolute Gasteiger partial charge is 0.369 e. The number of aromatic nitrogens is 3. The van der Waals surface area contributed by atoms with Gasteiger partial charge in [-0.15, -0.1) is 0 Å². The summed E-state index contributed by atoms with van der Waals surface area (Å²) < 4.78 is 2.84. The molecule has 0 radical (unpaired) electrons. The van der Waals surface area contributed by atoms with E-state index in [1.54, 1.807) is 10.8 Å². The lowest BCUT2D eigenvalue weighted by atomic mass is 10.3. The zero-order chi connectivity index (χ0) is 13.6. The number of hydrogen-bond donors (Lipinski definition) is 1. The number of nitrogen functional groups attached to an aromatic ring is 1. The van der Waals surface area contributed by atoms with E-state index < -0.39 is 0 Å². The van der Waals surface area contributed by atoms with E-state index in [-0.39, 0.29) is 0 Å². The number of imidazole rings is 1. The summed E-state index contributed by atoms with van der Waals surface area (Å²) in [6.45, 7) is 1.97. The molecule has 96 valence electrons. The van der Waals surface area contributed by atoms with Gasteiger partial charge in [-0.3, -0.25) is 4.57 Å². The Balaban J connectivity index is 2.33. The molecule has 19 heavy (non-hydrogen) atoms. The molecule has 2 N–H and O–H groups in total. The molecule has 6 heteroatoms. The second-order valence-corrected chi connectivity index (χ2v) is 5.91. The Morgan fingerprint density at radius 1 is 1.32 bits per heavy atom. The van der Waals surface area contributed by atoms with E-state index in [4.69, 9.17) is 17.3 Å². The number of fused-ring (bicyclic) bond motifs is 1. The van der Waals surface area contributed by atoms with Gasteiger partial charge in [0.15, 0.2) is 5.65 Å². The highest BCUT2D eigenvalue weighted by molar-refractivity contribution is 14.1. The third-order valence-electron chi connectivity index (χ3n) is 2.81. The van der Waals surface area contributed by atoms with Gasteiger partial charge in [-0.05, 0) is 59.3 Å². The first-order valence-corrected chi connectivity index (χ1v) is 7.08. The average Bonchev–Trinajstić information content (AvgIpc) is 2.65. The Morgan fingerprint density at radius 3 is 2.84 bits per heavy atom. The molecule has 3 rings (SSSR count). The van der Waals surface area contributed by atoms with Gasteiger partial charge in [0, 0.05) is 9.77 Å². The Kier molecular flexibility index (Phi) is 3.10. The van der Waals surface area contributed by atoms with Crippen LogP contribution in [0.3, 0.4) is 0 Å². The van der Waals surface area contributed by atoms with E-state index in [0.29, 0.717) is 16.6 Å². The van der Waals surface area contributed by atoms with Crippen LogP contribution in [-0.4, -0.2) is 14.5 Å². The van der Waals surface area contributed by atoms with E-state index in [1.165, 1.54) is 0 Å². The van der Waals surface area contributed by atoms with Crippen LogP contribution in [-0.2, 0) is 0 Å². The predicted molar refractivity (Wildman–Crippen MR) is 85.7 cm³/mol. The van der Waals surface area contributed by atoms with Gasteiger partial charge in [-0.25, -0.2) is 9.97 Å². The van der Waals surface area contributed by atoms with Gasteiger partial charge < -0.3 is 5.73 Å². The van der Waals surface area contributed by atoms with Crippen molar-refractivity contribution in [1.82, 2.24) is 14.5 Å². The molecule has 0 aliphatic rings. The van der Waals surface area contributed by atoms with Gasteiger partial charge in [0.05, 0.1) is 10.7 Å². The SMILES string of the molecule is Cc1cnc2c(c1)nc(N)n2-c1ccc(I)cc1Cl. The van der Waals surface area contributed by atoms with E-state index in [9.17, 15) is 0 Å². The fraction of sp³-hybridized carbons (Fsp3) is 0.0769. The fourth-order valence-electron chi connectivity index (χ4n) is 1.98.